The number of nitrogens with one attached hydrogen (secondary N) is 1. The van der Waals surface area contributed by atoms with E-state index in [1.54, 1.807) is 0 Å². The van der Waals surface area contributed by atoms with Crippen molar-refractivity contribution in [1.29, 1.82) is 0 Å². The molecular formula is C14H15N3OS. The van der Waals surface area contributed by atoms with E-state index in [4.69, 9.17) is 0 Å². The van der Waals surface area contributed by atoms with Gasteiger partial charge in [0, 0.05) is 12.2 Å². The highest BCUT2D eigenvalue weighted by molar-refractivity contribution is 7.99. The van der Waals surface area contributed by atoms with Crippen molar-refractivity contribution < 1.29 is 0 Å². The van der Waals surface area contributed by atoms with Gasteiger partial charge >= 0.3 is 0 Å². The Balaban J connectivity index is 2.11. The highest BCUT2D eigenvalue weighted by Crippen LogP contribution is 2.13. The van der Waals surface area contributed by atoms with Crippen molar-refractivity contribution in [3.63, 3.8) is 0 Å². The fourth-order valence-electron chi connectivity index (χ4n) is 1.51. The van der Waals surface area contributed by atoms with Gasteiger partial charge in [-0.1, -0.05) is 54.2 Å². The van der Waals surface area contributed by atoms with Gasteiger partial charge in [0.2, 0.25) is 0 Å². The molecule has 5 heteroatoms. The molecular weight excluding hydrogens is 258 g/mol. The lowest BCUT2D eigenvalue weighted by Crippen LogP contribution is -2.18. The summed E-state index contributed by atoms with van der Waals surface area (Å²) in [4.78, 5) is 14.6. The first-order chi connectivity index (χ1) is 9.15. The van der Waals surface area contributed by atoms with E-state index in [0.29, 0.717) is 17.3 Å². The lowest BCUT2D eigenvalue weighted by Gasteiger charge is -2.02. The number of nitrogens with zero attached hydrogens (tertiary/aromatic N) is 2. The second-order valence-electron chi connectivity index (χ2n) is 4.31. The zero-order valence-corrected chi connectivity index (χ0v) is 11.5. The van der Waals surface area contributed by atoms with Gasteiger partial charge in [-0.05, 0) is 12.5 Å². The molecule has 0 fully saturated rings. The average Bonchev–Trinajstić information content (AvgIpc) is 2.40. The molecule has 1 aromatic carbocycles. The Morgan fingerprint density at radius 2 is 2.05 bits per heavy atom. The van der Waals surface area contributed by atoms with E-state index < -0.39 is 0 Å². The van der Waals surface area contributed by atoms with Gasteiger partial charge in [0.05, 0.1) is 0 Å². The Bertz CT molecular complexity index is 622. The molecule has 4 nitrogen and oxygen atoms in total. The summed E-state index contributed by atoms with van der Waals surface area (Å²) in [6.45, 7) is 5.74. The van der Waals surface area contributed by atoms with Crippen LogP contribution in [0.5, 0.6) is 0 Å². The number of H-pyrrole nitrogens is 1. The first-order valence-corrected chi connectivity index (χ1v) is 6.90. The van der Waals surface area contributed by atoms with Crippen molar-refractivity contribution in [3.05, 3.63) is 64.1 Å². The van der Waals surface area contributed by atoms with Gasteiger partial charge in [0.15, 0.2) is 5.16 Å². The summed E-state index contributed by atoms with van der Waals surface area (Å²) < 4.78 is 0. The highest BCUT2D eigenvalue weighted by atomic mass is 32.2. The second kappa shape index (κ2) is 6.33. The molecule has 1 N–H and O–H groups in total. The van der Waals surface area contributed by atoms with Crippen molar-refractivity contribution >= 4 is 11.8 Å². The molecule has 2 rings (SSSR count). The Morgan fingerprint density at radius 3 is 2.68 bits per heavy atom. The number of hydrogen-bond donors (Lipinski definition) is 1. The minimum atomic E-state index is -0.178. The van der Waals surface area contributed by atoms with Crippen molar-refractivity contribution in [2.45, 2.75) is 18.5 Å². The number of benzene rings is 1. The van der Waals surface area contributed by atoms with Crippen LogP contribution in [0.15, 0.2) is 52.4 Å². The minimum absolute atomic E-state index is 0.178. The quantitative estimate of drug-likeness (QED) is 0.671. The summed E-state index contributed by atoms with van der Waals surface area (Å²) >= 11 is 1.43. The average molecular weight is 273 g/mol. The summed E-state index contributed by atoms with van der Waals surface area (Å²) in [6, 6.07) is 9.74. The summed E-state index contributed by atoms with van der Waals surface area (Å²) in [5, 5.41) is 8.56. The SMILES string of the molecule is C=C(C)CSc1nnc(Cc2ccccc2)c(=O)[nH]1. The number of thioether (sulfide) groups is 1. The van der Waals surface area contributed by atoms with Crippen molar-refractivity contribution in [3.8, 4) is 0 Å². The molecule has 0 aliphatic carbocycles. The number of aromatic nitrogens is 3. The standard InChI is InChI=1S/C14H15N3OS/c1-10(2)9-19-14-15-13(18)12(16-17-14)8-11-6-4-3-5-7-11/h3-7H,1,8-9H2,2H3,(H,15,17,18). The molecule has 0 radical (unpaired) electrons. The Hall–Kier alpha value is -1.88. The molecule has 98 valence electrons. The summed E-state index contributed by atoms with van der Waals surface area (Å²) in [5.74, 6) is 0.725. The number of rotatable bonds is 5. The van der Waals surface area contributed by atoms with E-state index in [-0.39, 0.29) is 5.56 Å². The third kappa shape index (κ3) is 4.06. The van der Waals surface area contributed by atoms with Crippen LogP contribution in [0, 0.1) is 0 Å². The molecule has 1 aromatic heterocycles. The van der Waals surface area contributed by atoms with Crippen LogP contribution in [0.4, 0.5) is 0 Å². The number of hydrogen-bond acceptors (Lipinski definition) is 4. The maximum atomic E-state index is 11.9. The largest absolute Gasteiger partial charge is 0.298 e. The van der Waals surface area contributed by atoms with Crippen LogP contribution in [0.25, 0.3) is 0 Å². The van der Waals surface area contributed by atoms with Crippen LogP contribution in [-0.2, 0) is 6.42 Å². The molecule has 0 unspecified atom stereocenters. The molecule has 0 amide bonds. The predicted molar refractivity (Wildman–Crippen MR) is 77.4 cm³/mol. The maximum Gasteiger partial charge on any atom is 0.273 e. The molecule has 0 bridgehead atoms. The van der Waals surface area contributed by atoms with Crippen LogP contribution in [0.3, 0.4) is 0 Å². The Labute approximate surface area is 116 Å². The Kier molecular flexibility index (Phi) is 4.52. The molecule has 1 heterocycles. The molecule has 19 heavy (non-hydrogen) atoms. The second-order valence-corrected chi connectivity index (χ2v) is 5.28. The van der Waals surface area contributed by atoms with Gasteiger partial charge in [-0.2, -0.15) is 0 Å². The molecule has 0 spiro atoms. The fourth-order valence-corrected chi connectivity index (χ4v) is 2.15. The predicted octanol–water partition coefficient (Wildman–Crippen LogP) is 2.42. The molecule has 0 atom stereocenters. The third-order valence-corrected chi connectivity index (χ3v) is 3.51. The van der Waals surface area contributed by atoms with E-state index in [9.17, 15) is 4.79 Å². The zero-order chi connectivity index (χ0) is 13.7. The van der Waals surface area contributed by atoms with Crippen LogP contribution >= 0.6 is 11.8 Å². The van der Waals surface area contributed by atoms with Crippen LogP contribution in [0.2, 0.25) is 0 Å². The maximum absolute atomic E-state index is 11.9. The number of aromatic amines is 1. The van der Waals surface area contributed by atoms with Crippen molar-refractivity contribution in [2.24, 2.45) is 0 Å². The summed E-state index contributed by atoms with van der Waals surface area (Å²) in [5.41, 5.74) is 2.33. The summed E-state index contributed by atoms with van der Waals surface area (Å²) in [7, 11) is 0. The van der Waals surface area contributed by atoms with Crippen molar-refractivity contribution in [2.75, 3.05) is 5.75 Å². The van der Waals surface area contributed by atoms with Crippen molar-refractivity contribution in [1.82, 2.24) is 15.2 Å². The lowest BCUT2D eigenvalue weighted by molar-refractivity contribution is 0.773. The zero-order valence-electron chi connectivity index (χ0n) is 10.7. The van der Waals surface area contributed by atoms with Gasteiger partial charge in [0.1, 0.15) is 5.69 Å². The van der Waals surface area contributed by atoms with Gasteiger partial charge < -0.3 is 0 Å². The van der Waals surface area contributed by atoms with Crippen LogP contribution < -0.4 is 5.56 Å². The minimum Gasteiger partial charge on any atom is -0.298 e. The lowest BCUT2D eigenvalue weighted by atomic mass is 10.1. The van der Waals surface area contributed by atoms with Crippen LogP contribution in [0.1, 0.15) is 18.2 Å². The third-order valence-electron chi connectivity index (χ3n) is 2.41. The van der Waals surface area contributed by atoms with E-state index in [0.717, 1.165) is 16.9 Å². The van der Waals surface area contributed by atoms with E-state index >= 15 is 0 Å². The molecule has 0 aliphatic rings. The highest BCUT2D eigenvalue weighted by Gasteiger charge is 2.06. The fraction of sp³-hybridized carbons (Fsp3) is 0.214. The van der Waals surface area contributed by atoms with E-state index in [1.165, 1.54) is 11.8 Å². The topological polar surface area (TPSA) is 58.6 Å². The molecule has 0 saturated carbocycles. The van der Waals surface area contributed by atoms with Gasteiger partial charge in [-0.25, -0.2) is 0 Å². The first kappa shape index (κ1) is 13.5. The van der Waals surface area contributed by atoms with Gasteiger partial charge in [0.25, 0.3) is 5.56 Å². The smallest absolute Gasteiger partial charge is 0.273 e. The molecule has 0 aliphatic heterocycles. The summed E-state index contributed by atoms with van der Waals surface area (Å²) in [6.07, 6.45) is 0.495. The molecule has 0 saturated heterocycles. The monoisotopic (exact) mass is 273 g/mol. The Morgan fingerprint density at radius 1 is 1.32 bits per heavy atom. The van der Waals surface area contributed by atoms with E-state index in [2.05, 4.69) is 21.8 Å². The van der Waals surface area contributed by atoms with Gasteiger partial charge in [-0.15, -0.1) is 10.2 Å². The van der Waals surface area contributed by atoms with E-state index in [1.807, 2.05) is 37.3 Å². The normalized spacial score (nSPS) is 10.4. The van der Waals surface area contributed by atoms with Gasteiger partial charge in [-0.3, -0.25) is 9.78 Å². The molecule has 2 aromatic rings. The van der Waals surface area contributed by atoms with Crippen LogP contribution in [-0.4, -0.2) is 20.9 Å². The first-order valence-electron chi connectivity index (χ1n) is 5.92.